The first kappa shape index (κ1) is 13.8. The van der Waals surface area contributed by atoms with E-state index in [0.717, 1.165) is 31.1 Å². The van der Waals surface area contributed by atoms with Crippen LogP contribution in [0.3, 0.4) is 0 Å². The van der Waals surface area contributed by atoms with E-state index in [1.54, 1.807) is 6.20 Å². The minimum atomic E-state index is -0.520. The molecule has 1 fully saturated rings. The Bertz CT molecular complexity index is 622. The summed E-state index contributed by atoms with van der Waals surface area (Å²) in [6.45, 7) is 1.96. The number of primary amides is 1. The van der Waals surface area contributed by atoms with Crippen LogP contribution in [-0.2, 0) is 0 Å². The Kier molecular flexibility index (Phi) is 4.01. The normalized spacial score (nSPS) is 15.0. The fourth-order valence-electron chi connectivity index (χ4n) is 2.33. The van der Waals surface area contributed by atoms with Gasteiger partial charge in [0.25, 0.3) is 5.91 Å². The second-order valence-corrected chi connectivity index (χ2v) is 5.90. The van der Waals surface area contributed by atoms with E-state index < -0.39 is 5.91 Å². The second-order valence-electron chi connectivity index (χ2n) is 4.93. The van der Waals surface area contributed by atoms with Crippen LogP contribution in [0.15, 0.2) is 24.4 Å². The van der Waals surface area contributed by atoms with Crippen molar-refractivity contribution in [3.05, 3.63) is 30.1 Å². The molecule has 3 heterocycles. The monoisotopic (exact) mass is 303 g/mol. The van der Waals surface area contributed by atoms with E-state index in [1.165, 1.54) is 17.8 Å². The smallest absolute Gasteiger partial charge is 0.270 e. The van der Waals surface area contributed by atoms with Gasteiger partial charge in [-0.05, 0) is 31.4 Å². The summed E-state index contributed by atoms with van der Waals surface area (Å²) in [6, 6.07) is 5.56. The third-order valence-electron chi connectivity index (χ3n) is 3.38. The number of hydrogen-bond donors (Lipinski definition) is 2. The molecule has 2 aromatic heterocycles. The molecule has 3 N–H and O–H groups in total. The third kappa shape index (κ3) is 3.13. The molecule has 1 aliphatic heterocycles. The predicted octanol–water partition coefficient (Wildman–Crippen LogP) is 2.37. The van der Waals surface area contributed by atoms with Crippen LogP contribution < -0.4 is 16.0 Å². The number of rotatable bonds is 4. The Labute approximate surface area is 127 Å². The Morgan fingerprint density at radius 2 is 2.10 bits per heavy atom. The van der Waals surface area contributed by atoms with Crippen molar-refractivity contribution in [2.45, 2.75) is 19.3 Å². The molecule has 0 bridgehead atoms. The molecule has 110 valence electrons. The quantitative estimate of drug-likeness (QED) is 0.906. The van der Waals surface area contributed by atoms with Crippen LogP contribution in [0.4, 0.5) is 16.0 Å². The highest BCUT2D eigenvalue weighted by molar-refractivity contribution is 7.20. The number of hydrogen-bond acceptors (Lipinski definition) is 6. The van der Waals surface area contributed by atoms with Crippen LogP contribution in [0.1, 0.15) is 29.8 Å². The van der Waals surface area contributed by atoms with E-state index in [-0.39, 0.29) is 5.69 Å². The minimum Gasteiger partial charge on any atom is -0.364 e. The number of amides is 1. The number of thiazole rings is 1. The third-order valence-corrected chi connectivity index (χ3v) is 4.41. The van der Waals surface area contributed by atoms with Gasteiger partial charge in [-0.25, -0.2) is 9.97 Å². The van der Waals surface area contributed by atoms with Crippen LogP contribution in [0, 0.1) is 0 Å². The first-order valence-corrected chi connectivity index (χ1v) is 7.79. The lowest BCUT2D eigenvalue weighted by molar-refractivity contribution is 0.0997. The van der Waals surface area contributed by atoms with Crippen LogP contribution in [0.25, 0.3) is 0 Å². The van der Waals surface area contributed by atoms with Crippen molar-refractivity contribution >= 4 is 33.2 Å². The molecular formula is C14H17N5OS. The van der Waals surface area contributed by atoms with Crippen molar-refractivity contribution in [3.63, 3.8) is 0 Å². The minimum absolute atomic E-state index is 0.284. The van der Waals surface area contributed by atoms with E-state index >= 15 is 0 Å². The number of nitrogens with two attached hydrogens (primary N) is 1. The van der Waals surface area contributed by atoms with Gasteiger partial charge in [0.2, 0.25) is 0 Å². The summed E-state index contributed by atoms with van der Waals surface area (Å²) in [7, 11) is 0. The van der Waals surface area contributed by atoms with Gasteiger partial charge >= 0.3 is 0 Å². The number of carbonyl (C=O) groups excluding carboxylic acids is 1. The Hall–Kier alpha value is -2.15. The summed E-state index contributed by atoms with van der Waals surface area (Å²) >= 11 is 1.45. The number of aromatic nitrogens is 2. The van der Waals surface area contributed by atoms with Crippen LogP contribution >= 0.6 is 11.3 Å². The van der Waals surface area contributed by atoms with E-state index in [9.17, 15) is 4.79 Å². The molecule has 0 spiro atoms. The van der Waals surface area contributed by atoms with Gasteiger partial charge < -0.3 is 16.0 Å². The first-order chi connectivity index (χ1) is 10.2. The first-order valence-electron chi connectivity index (χ1n) is 6.97. The largest absolute Gasteiger partial charge is 0.364 e. The molecule has 1 saturated heterocycles. The van der Waals surface area contributed by atoms with Crippen LogP contribution in [0.5, 0.6) is 0 Å². The van der Waals surface area contributed by atoms with E-state index in [1.807, 2.05) is 18.2 Å². The molecule has 2 aromatic rings. The van der Waals surface area contributed by atoms with Crippen LogP contribution in [0.2, 0.25) is 0 Å². The van der Waals surface area contributed by atoms with Crippen molar-refractivity contribution in [3.8, 4) is 0 Å². The van der Waals surface area contributed by atoms with E-state index in [0.29, 0.717) is 10.8 Å². The molecule has 0 aromatic carbocycles. The number of piperidine rings is 1. The summed E-state index contributed by atoms with van der Waals surface area (Å²) in [5, 5.41) is 4.63. The molecule has 1 aliphatic rings. The van der Waals surface area contributed by atoms with Crippen LogP contribution in [-0.4, -0.2) is 29.0 Å². The second kappa shape index (κ2) is 6.09. The van der Waals surface area contributed by atoms with Gasteiger partial charge in [-0.3, -0.25) is 4.79 Å². The standard InChI is InChI=1S/C14H17N5OS/c15-12(20)11-13(17-10-6-2-3-7-16-10)21-14(18-11)19-8-4-1-5-9-19/h2-3,6-7H,1,4-5,8-9H2,(H2,15,20)(H,16,17). The molecule has 7 heteroatoms. The van der Waals surface area contributed by atoms with Gasteiger partial charge in [-0.2, -0.15) is 0 Å². The summed E-state index contributed by atoms with van der Waals surface area (Å²) in [5.74, 6) is 0.154. The van der Waals surface area contributed by atoms with Crippen molar-refractivity contribution in [1.29, 1.82) is 0 Å². The number of anilines is 3. The van der Waals surface area contributed by atoms with Gasteiger partial charge in [0.05, 0.1) is 0 Å². The highest BCUT2D eigenvalue weighted by atomic mass is 32.1. The fourth-order valence-corrected chi connectivity index (χ4v) is 3.36. The van der Waals surface area contributed by atoms with Gasteiger partial charge in [-0.15, -0.1) is 0 Å². The van der Waals surface area contributed by atoms with Crippen molar-refractivity contribution in [2.75, 3.05) is 23.3 Å². The Balaban J connectivity index is 1.87. The zero-order chi connectivity index (χ0) is 14.7. The Morgan fingerprint density at radius 1 is 1.29 bits per heavy atom. The fraction of sp³-hybridized carbons (Fsp3) is 0.357. The van der Waals surface area contributed by atoms with Gasteiger partial charge in [0.15, 0.2) is 10.8 Å². The van der Waals surface area contributed by atoms with Crippen molar-refractivity contribution in [2.24, 2.45) is 5.73 Å². The molecule has 3 rings (SSSR count). The molecule has 1 amide bonds. The molecule has 0 atom stereocenters. The average Bonchev–Trinajstić information content (AvgIpc) is 2.93. The Morgan fingerprint density at radius 3 is 2.76 bits per heavy atom. The SMILES string of the molecule is NC(=O)c1nc(N2CCCCC2)sc1Nc1ccccn1. The maximum absolute atomic E-state index is 11.6. The molecule has 0 saturated carbocycles. The zero-order valence-electron chi connectivity index (χ0n) is 11.6. The van der Waals surface area contributed by atoms with E-state index in [2.05, 4.69) is 20.2 Å². The highest BCUT2D eigenvalue weighted by Crippen LogP contribution is 2.33. The topological polar surface area (TPSA) is 84.1 Å². The lowest BCUT2D eigenvalue weighted by atomic mass is 10.1. The van der Waals surface area contributed by atoms with Gasteiger partial charge in [-0.1, -0.05) is 17.4 Å². The molecule has 6 nitrogen and oxygen atoms in total. The highest BCUT2D eigenvalue weighted by Gasteiger charge is 2.21. The lowest BCUT2D eigenvalue weighted by Crippen LogP contribution is -2.29. The number of carbonyl (C=O) groups is 1. The van der Waals surface area contributed by atoms with Crippen molar-refractivity contribution < 1.29 is 4.79 Å². The van der Waals surface area contributed by atoms with E-state index in [4.69, 9.17) is 5.73 Å². The summed E-state index contributed by atoms with van der Waals surface area (Å²) in [4.78, 5) is 22.4. The lowest BCUT2D eigenvalue weighted by Gasteiger charge is -2.25. The zero-order valence-corrected chi connectivity index (χ0v) is 12.4. The molecular weight excluding hydrogens is 286 g/mol. The predicted molar refractivity (Wildman–Crippen MR) is 84.2 cm³/mol. The summed E-state index contributed by atoms with van der Waals surface area (Å²) < 4.78 is 0. The molecule has 0 aliphatic carbocycles. The maximum Gasteiger partial charge on any atom is 0.270 e. The number of pyridine rings is 1. The molecule has 0 radical (unpaired) electrons. The maximum atomic E-state index is 11.6. The molecule has 0 unspecified atom stereocenters. The van der Waals surface area contributed by atoms with Crippen molar-refractivity contribution in [1.82, 2.24) is 9.97 Å². The number of nitrogens with one attached hydrogen (secondary N) is 1. The summed E-state index contributed by atoms with van der Waals surface area (Å²) in [6.07, 6.45) is 5.27. The van der Waals surface area contributed by atoms with Gasteiger partial charge in [0, 0.05) is 19.3 Å². The summed E-state index contributed by atoms with van der Waals surface area (Å²) in [5.41, 5.74) is 5.72. The average molecular weight is 303 g/mol. The number of nitrogens with zero attached hydrogens (tertiary/aromatic N) is 3. The molecule has 21 heavy (non-hydrogen) atoms. The van der Waals surface area contributed by atoms with Gasteiger partial charge in [0.1, 0.15) is 10.8 Å².